The van der Waals surface area contributed by atoms with Crippen molar-refractivity contribution in [3.8, 4) is 0 Å². The molecule has 0 unspecified atom stereocenters. The van der Waals surface area contributed by atoms with Crippen LogP contribution >= 0.6 is 0 Å². The van der Waals surface area contributed by atoms with E-state index in [0.717, 1.165) is 32.7 Å². The molecule has 0 atom stereocenters. The molecule has 1 aliphatic heterocycles. The second-order valence-electron chi connectivity index (χ2n) is 6.13. The number of carbonyl (C=O) groups excluding carboxylic acids is 1. The largest absolute Gasteiger partial charge is 0.379 e. The number of amides is 1. The predicted octanol–water partition coefficient (Wildman–Crippen LogP) is 2.18. The summed E-state index contributed by atoms with van der Waals surface area (Å²) in [4.78, 5) is 14.2. The summed E-state index contributed by atoms with van der Waals surface area (Å²) in [6.07, 6.45) is 6.06. The van der Waals surface area contributed by atoms with Gasteiger partial charge in [-0.25, -0.2) is 0 Å². The molecule has 0 radical (unpaired) electrons. The van der Waals surface area contributed by atoms with Crippen molar-refractivity contribution in [3.63, 3.8) is 0 Å². The van der Waals surface area contributed by atoms with Crippen molar-refractivity contribution in [3.05, 3.63) is 0 Å². The maximum absolute atomic E-state index is 12.0. The molecule has 112 valence electrons. The van der Waals surface area contributed by atoms with Crippen LogP contribution in [0.5, 0.6) is 0 Å². The number of rotatable bonds is 8. The van der Waals surface area contributed by atoms with E-state index in [1.165, 1.54) is 25.7 Å². The molecule has 0 spiro atoms. The lowest BCUT2D eigenvalue weighted by Gasteiger charge is -2.30. The maximum Gasteiger partial charge on any atom is 0.234 e. The summed E-state index contributed by atoms with van der Waals surface area (Å²) in [6, 6.07) is 0. The first-order chi connectivity index (χ1) is 9.03. The van der Waals surface area contributed by atoms with Crippen molar-refractivity contribution in [1.29, 1.82) is 0 Å². The minimum Gasteiger partial charge on any atom is -0.379 e. The van der Waals surface area contributed by atoms with Gasteiger partial charge in [-0.3, -0.25) is 9.69 Å². The number of ether oxygens (including phenoxy) is 1. The van der Waals surface area contributed by atoms with Gasteiger partial charge < -0.3 is 10.1 Å². The molecule has 1 amide bonds. The number of hydrogen-bond acceptors (Lipinski definition) is 3. The van der Waals surface area contributed by atoms with Crippen LogP contribution in [-0.2, 0) is 9.53 Å². The Morgan fingerprint density at radius 3 is 2.53 bits per heavy atom. The first-order valence-corrected chi connectivity index (χ1v) is 7.64. The third-order valence-corrected chi connectivity index (χ3v) is 3.60. The zero-order chi connectivity index (χ0) is 14.1. The summed E-state index contributed by atoms with van der Waals surface area (Å²) >= 11 is 0. The average molecular weight is 270 g/mol. The van der Waals surface area contributed by atoms with Crippen LogP contribution in [0.25, 0.3) is 0 Å². The van der Waals surface area contributed by atoms with Gasteiger partial charge in [0.05, 0.1) is 19.8 Å². The van der Waals surface area contributed by atoms with E-state index in [-0.39, 0.29) is 11.4 Å². The SMILES string of the molecule is CCCCCCC(C)(C)NC(=O)CN1CCOCC1. The van der Waals surface area contributed by atoms with E-state index in [4.69, 9.17) is 4.74 Å². The monoisotopic (exact) mass is 270 g/mol. The minimum atomic E-state index is -0.0862. The number of unbranched alkanes of at least 4 members (excludes halogenated alkanes) is 3. The topological polar surface area (TPSA) is 41.6 Å². The highest BCUT2D eigenvalue weighted by atomic mass is 16.5. The zero-order valence-electron chi connectivity index (χ0n) is 12.8. The third kappa shape index (κ3) is 7.53. The highest BCUT2D eigenvalue weighted by Crippen LogP contribution is 2.14. The van der Waals surface area contributed by atoms with Crippen LogP contribution in [0.3, 0.4) is 0 Å². The van der Waals surface area contributed by atoms with E-state index >= 15 is 0 Å². The lowest BCUT2D eigenvalue weighted by atomic mass is 9.96. The van der Waals surface area contributed by atoms with Crippen molar-refractivity contribution >= 4 is 5.91 Å². The molecule has 0 aromatic rings. The Bertz CT molecular complexity index is 261. The summed E-state index contributed by atoms with van der Waals surface area (Å²) in [5, 5.41) is 3.16. The minimum absolute atomic E-state index is 0.0862. The van der Waals surface area contributed by atoms with Gasteiger partial charge in [0, 0.05) is 18.6 Å². The van der Waals surface area contributed by atoms with Gasteiger partial charge >= 0.3 is 0 Å². The summed E-state index contributed by atoms with van der Waals surface area (Å²) in [5.74, 6) is 0.141. The molecule has 1 rings (SSSR count). The van der Waals surface area contributed by atoms with Crippen molar-refractivity contribution in [2.45, 2.75) is 58.4 Å². The van der Waals surface area contributed by atoms with Crippen LogP contribution in [-0.4, -0.2) is 49.2 Å². The fraction of sp³-hybridized carbons (Fsp3) is 0.933. The molecule has 0 bridgehead atoms. The van der Waals surface area contributed by atoms with Crippen molar-refractivity contribution in [1.82, 2.24) is 10.2 Å². The van der Waals surface area contributed by atoms with E-state index in [9.17, 15) is 4.79 Å². The maximum atomic E-state index is 12.0. The van der Waals surface area contributed by atoms with Crippen LogP contribution in [0.2, 0.25) is 0 Å². The lowest BCUT2D eigenvalue weighted by Crippen LogP contribution is -2.49. The molecule has 0 aromatic heterocycles. The van der Waals surface area contributed by atoms with Gasteiger partial charge in [0.2, 0.25) is 5.91 Å². The summed E-state index contributed by atoms with van der Waals surface area (Å²) in [6.45, 7) is 10.2. The Hall–Kier alpha value is -0.610. The summed E-state index contributed by atoms with van der Waals surface area (Å²) < 4.78 is 5.28. The molecule has 1 heterocycles. The van der Waals surface area contributed by atoms with Gasteiger partial charge in [0.1, 0.15) is 0 Å². The molecule has 0 aromatic carbocycles. The van der Waals surface area contributed by atoms with Gasteiger partial charge in [0.15, 0.2) is 0 Å². The Labute approximate surface area is 117 Å². The van der Waals surface area contributed by atoms with E-state index in [0.29, 0.717) is 6.54 Å². The average Bonchev–Trinajstić information content (AvgIpc) is 2.35. The van der Waals surface area contributed by atoms with Crippen LogP contribution in [0.4, 0.5) is 0 Å². The lowest BCUT2D eigenvalue weighted by molar-refractivity contribution is -0.124. The van der Waals surface area contributed by atoms with Crippen molar-refractivity contribution in [2.75, 3.05) is 32.8 Å². The van der Waals surface area contributed by atoms with Crippen LogP contribution < -0.4 is 5.32 Å². The first-order valence-electron chi connectivity index (χ1n) is 7.64. The summed E-state index contributed by atoms with van der Waals surface area (Å²) in [5.41, 5.74) is -0.0862. The van der Waals surface area contributed by atoms with E-state index < -0.39 is 0 Å². The molecule has 4 nitrogen and oxygen atoms in total. The second kappa shape index (κ2) is 8.54. The molecular weight excluding hydrogens is 240 g/mol. The highest BCUT2D eigenvalue weighted by Gasteiger charge is 2.21. The van der Waals surface area contributed by atoms with Crippen LogP contribution in [0.1, 0.15) is 52.9 Å². The predicted molar refractivity (Wildman–Crippen MR) is 78.2 cm³/mol. The highest BCUT2D eigenvalue weighted by molar-refractivity contribution is 5.78. The number of nitrogens with zero attached hydrogens (tertiary/aromatic N) is 1. The molecule has 0 aliphatic carbocycles. The molecule has 19 heavy (non-hydrogen) atoms. The van der Waals surface area contributed by atoms with Gasteiger partial charge in [-0.05, 0) is 20.3 Å². The zero-order valence-corrected chi connectivity index (χ0v) is 12.8. The molecule has 1 fully saturated rings. The summed E-state index contributed by atoms with van der Waals surface area (Å²) in [7, 11) is 0. The smallest absolute Gasteiger partial charge is 0.234 e. The number of hydrogen-bond donors (Lipinski definition) is 1. The normalized spacial score (nSPS) is 17.4. The van der Waals surface area contributed by atoms with Crippen LogP contribution in [0.15, 0.2) is 0 Å². The van der Waals surface area contributed by atoms with Gasteiger partial charge in [-0.2, -0.15) is 0 Å². The Kier molecular flexibility index (Phi) is 7.39. The molecule has 1 saturated heterocycles. The second-order valence-corrected chi connectivity index (χ2v) is 6.13. The number of morpholine rings is 1. The Balaban J connectivity index is 2.20. The van der Waals surface area contributed by atoms with E-state index in [1.807, 2.05) is 0 Å². The number of nitrogens with one attached hydrogen (secondary N) is 1. The quantitative estimate of drug-likeness (QED) is 0.687. The van der Waals surface area contributed by atoms with Crippen molar-refractivity contribution < 1.29 is 9.53 Å². The van der Waals surface area contributed by atoms with E-state index in [1.54, 1.807) is 0 Å². The number of carbonyl (C=O) groups is 1. The Morgan fingerprint density at radius 1 is 1.21 bits per heavy atom. The Morgan fingerprint density at radius 2 is 1.89 bits per heavy atom. The van der Waals surface area contributed by atoms with Crippen molar-refractivity contribution in [2.24, 2.45) is 0 Å². The first kappa shape index (κ1) is 16.4. The molecule has 0 saturated carbocycles. The fourth-order valence-corrected chi connectivity index (χ4v) is 2.44. The molecule has 4 heteroatoms. The van der Waals surface area contributed by atoms with Gasteiger partial charge in [-0.1, -0.05) is 32.6 Å². The standard InChI is InChI=1S/C15H30N2O2/c1-4-5-6-7-8-15(2,3)16-14(18)13-17-9-11-19-12-10-17/h4-13H2,1-3H3,(H,16,18). The molecule has 1 N–H and O–H groups in total. The van der Waals surface area contributed by atoms with E-state index in [2.05, 4.69) is 31.0 Å². The fourth-order valence-electron chi connectivity index (χ4n) is 2.44. The van der Waals surface area contributed by atoms with Gasteiger partial charge in [0.25, 0.3) is 0 Å². The van der Waals surface area contributed by atoms with Crippen LogP contribution in [0, 0.1) is 0 Å². The molecular formula is C15H30N2O2. The molecule has 1 aliphatic rings. The van der Waals surface area contributed by atoms with Gasteiger partial charge in [-0.15, -0.1) is 0 Å². The third-order valence-electron chi connectivity index (χ3n) is 3.60.